The summed E-state index contributed by atoms with van der Waals surface area (Å²) < 4.78 is 6.70. The number of carbonyl (C=O) groups is 1. The van der Waals surface area contributed by atoms with Gasteiger partial charge in [0.15, 0.2) is 11.2 Å². The molecular formula is C16H25N7O6. The molecule has 0 bridgehead atoms. The first-order valence-electron chi connectivity index (χ1n) is 9.16. The van der Waals surface area contributed by atoms with Gasteiger partial charge in [0.05, 0.1) is 12.6 Å². The van der Waals surface area contributed by atoms with E-state index >= 15 is 0 Å². The Morgan fingerprint density at radius 2 is 2.14 bits per heavy atom. The number of unbranched alkanes of at least 4 members (excludes halogenated alkanes) is 1. The number of aromatic amines is 1. The molecule has 3 rings (SSSR count). The highest BCUT2D eigenvalue weighted by molar-refractivity contribution is 5.92. The highest BCUT2D eigenvalue weighted by Crippen LogP contribution is 2.39. The Bertz CT molecular complexity index is 945. The molecule has 1 aliphatic rings. The number of H-pyrrole nitrogens is 1. The fraction of sp³-hybridized carbons (Fsp3) is 0.625. The molecule has 13 heteroatoms. The van der Waals surface area contributed by atoms with Crippen molar-refractivity contribution in [2.24, 2.45) is 11.5 Å². The van der Waals surface area contributed by atoms with Gasteiger partial charge < -0.3 is 37.3 Å². The second-order valence-corrected chi connectivity index (χ2v) is 6.96. The molecule has 0 aromatic carbocycles. The molecule has 3 heterocycles. The van der Waals surface area contributed by atoms with Gasteiger partial charge in [-0.25, -0.2) is 4.98 Å². The van der Waals surface area contributed by atoms with E-state index in [4.69, 9.17) is 21.9 Å². The van der Waals surface area contributed by atoms with Crippen molar-refractivity contribution < 1.29 is 24.9 Å². The molecule has 13 nitrogen and oxygen atoms in total. The first-order valence-corrected chi connectivity index (χ1v) is 9.16. The lowest BCUT2D eigenvalue weighted by Crippen LogP contribution is -2.57. The van der Waals surface area contributed by atoms with Crippen LogP contribution in [0, 0.1) is 0 Å². The normalized spacial score (nSPS) is 28.1. The maximum Gasteiger partial charge on any atom is 0.280 e. The third-order valence-electron chi connectivity index (χ3n) is 5.06. The van der Waals surface area contributed by atoms with Crippen LogP contribution in [0.3, 0.4) is 0 Å². The molecule has 0 aliphatic carbocycles. The van der Waals surface area contributed by atoms with Gasteiger partial charge in [-0.3, -0.25) is 19.1 Å². The molecule has 2 aromatic rings. The number of fused-ring (bicyclic) bond motifs is 1. The number of hydrogen-bond acceptors (Lipinski definition) is 11. The van der Waals surface area contributed by atoms with Gasteiger partial charge >= 0.3 is 0 Å². The van der Waals surface area contributed by atoms with Crippen LogP contribution in [0.2, 0.25) is 0 Å². The van der Waals surface area contributed by atoms with Gasteiger partial charge in [-0.1, -0.05) is 6.42 Å². The molecule has 0 unspecified atom stereocenters. The summed E-state index contributed by atoms with van der Waals surface area (Å²) in [5, 5.41) is 30.6. The Hall–Kier alpha value is -2.42. The molecule has 1 fully saturated rings. The number of aliphatic hydroxyl groups is 3. The van der Waals surface area contributed by atoms with Gasteiger partial charge in [0.1, 0.15) is 24.6 Å². The molecule has 0 saturated carbocycles. The number of ether oxygens (including phenoxy) is 1. The van der Waals surface area contributed by atoms with Crippen LogP contribution in [0.4, 0.5) is 5.95 Å². The number of ketones is 1. The van der Waals surface area contributed by atoms with Gasteiger partial charge in [-0.2, -0.15) is 4.98 Å². The number of aromatic nitrogens is 4. The molecule has 5 atom stereocenters. The minimum Gasteiger partial charge on any atom is -0.394 e. The van der Waals surface area contributed by atoms with Crippen LogP contribution in [-0.2, 0) is 15.3 Å². The summed E-state index contributed by atoms with van der Waals surface area (Å²) in [6.45, 7) is -0.243. The lowest BCUT2D eigenvalue weighted by atomic mass is 9.91. The van der Waals surface area contributed by atoms with E-state index in [2.05, 4.69) is 15.0 Å². The number of hydrogen-bond donors (Lipinski definition) is 7. The van der Waals surface area contributed by atoms with Crippen molar-refractivity contribution in [2.45, 2.75) is 49.3 Å². The number of nitrogen functional groups attached to an aromatic ring is 1. The van der Waals surface area contributed by atoms with E-state index in [0.717, 1.165) is 10.9 Å². The smallest absolute Gasteiger partial charge is 0.280 e. The summed E-state index contributed by atoms with van der Waals surface area (Å²) in [5.74, 6) is -1.01. The van der Waals surface area contributed by atoms with Crippen molar-refractivity contribution in [1.29, 1.82) is 0 Å². The van der Waals surface area contributed by atoms with E-state index in [-0.39, 0.29) is 23.5 Å². The number of nitrogens with zero attached hydrogens (tertiary/aromatic N) is 3. The molecule has 0 radical (unpaired) electrons. The van der Waals surface area contributed by atoms with Crippen LogP contribution in [0.25, 0.3) is 11.2 Å². The Morgan fingerprint density at radius 3 is 2.76 bits per heavy atom. The third kappa shape index (κ3) is 3.41. The van der Waals surface area contributed by atoms with Gasteiger partial charge in [-0.05, 0) is 19.4 Å². The zero-order valence-corrected chi connectivity index (χ0v) is 15.6. The van der Waals surface area contributed by atoms with Gasteiger partial charge in [0.2, 0.25) is 17.5 Å². The highest BCUT2D eigenvalue weighted by atomic mass is 16.6. The van der Waals surface area contributed by atoms with E-state index in [1.807, 2.05) is 0 Å². The van der Waals surface area contributed by atoms with E-state index in [0.29, 0.717) is 19.4 Å². The SMILES string of the molecule is NCCCC[C@H](N)C(=O)[C@@]1(n2cnc3c(=O)[nH]c(N)nc32)O[C@H](CO)[C@@H](O)[C@H]1O. The number of aliphatic hydroxyl groups excluding tert-OH is 3. The first kappa shape index (κ1) is 21.3. The predicted octanol–water partition coefficient (Wildman–Crippen LogP) is -3.51. The molecule has 1 aliphatic heterocycles. The fourth-order valence-corrected chi connectivity index (χ4v) is 3.55. The summed E-state index contributed by atoms with van der Waals surface area (Å²) >= 11 is 0. The number of nitrogens with two attached hydrogens (primary N) is 3. The third-order valence-corrected chi connectivity index (χ3v) is 5.06. The fourth-order valence-electron chi connectivity index (χ4n) is 3.55. The van der Waals surface area contributed by atoms with Crippen molar-refractivity contribution in [3.05, 3.63) is 16.7 Å². The van der Waals surface area contributed by atoms with Crippen LogP contribution in [0.1, 0.15) is 19.3 Å². The quantitative estimate of drug-likeness (QED) is 0.211. The Labute approximate surface area is 164 Å². The molecule has 160 valence electrons. The van der Waals surface area contributed by atoms with E-state index in [1.165, 1.54) is 0 Å². The maximum absolute atomic E-state index is 13.4. The van der Waals surface area contributed by atoms with E-state index in [9.17, 15) is 24.9 Å². The van der Waals surface area contributed by atoms with Gasteiger partial charge in [0, 0.05) is 0 Å². The number of carbonyl (C=O) groups excluding carboxylic acids is 1. The van der Waals surface area contributed by atoms with Crippen LogP contribution < -0.4 is 22.8 Å². The average molecular weight is 411 g/mol. The molecule has 0 spiro atoms. The van der Waals surface area contributed by atoms with Crippen molar-refractivity contribution in [3.8, 4) is 0 Å². The number of anilines is 1. The lowest BCUT2D eigenvalue weighted by Gasteiger charge is -2.34. The summed E-state index contributed by atoms with van der Waals surface area (Å²) in [4.78, 5) is 35.7. The predicted molar refractivity (Wildman–Crippen MR) is 100 cm³/mol. The van der Waals surface area contributed by atoms with Crippen molar-refractivity contribution in [2.75, 3.05) is 18.9 Å². The number of nitrogens with one attached hydrogen (secondary N) is 1. The van der Waals surface area contributed by atoms with Gasteiger partial charge in [0.25, 0.3) is 5.56 Å². The first-order chi connectivity index (χ1) is 13.8. The zero-order valence-electron chi connectivity index (χ0n) is 15.6. The second kappa shape index (κ2) is 8.14. The molecule has 2 aromatic heterocycles. The number of imidazole rings is 1. The molecule has 0 amide bonds. The van der Waals surface area contributed by atoms with Crippen LogP contribution in [-0.4, -0.2) is 78.1 Å². The largest absolute Gasteiger partial charge is 0.394 e. The Balaban J connectivity index is 2.15. The monoisotopic (exact) mass is 411 g/mol. The standard InChI is InChI=1S/C16H25N7O6/c17-4-2-1-3-7(18)11(26)16(12(27)10(25)8(5-24)29-16)23-6-20-9-13(23)21-15(19)22-14(9)28/h6-8,10,12,24-25,27H,1-5,17-18H2,(H3,19,21,22,28)/t7-,8+,10+,12+,16+/m0/s1. The molecule has 10 N–H and O–H groups in total. The minimum atomic E-state index is -2.25. The van der Waals surface area contributed by atoms with Crippen LogP contribution >= 0.6 is 0 Å². The summed E-state index contributed by atoms with van der Waals surface area (Å²) in [5.41, 5.74) is 13.9. The summed E-state index contributed by atoms with van der Waals surface area (Å²) in [7, 11) is 0. The highest BCUT2D eigenvalue weighted by Gasteiger charge is 2.61. The Morgan fingerprint density at radius 1 is 1.41 bits per heavy atom. The number of Topliss-reactive ketones (excluding diaryl/α,β-unsaturated/α-hetero) is 1. The summed E-state index contributed by atoms with van der Waals surface area (Å²) in [6, 6.07) is -1.09. The second-order valence-electron chi connectivity index (χ2n) is 6.96. The average Bonchev–Trinajstić information content (AvgIpc) is 3.22. The van der Waals surface area contributed by atoms with Gasteiger partial charge in [-0.15, -0.1) is 0 Å². The Kier molecular flexibility index (Phi) is 5.97. The van der Waals surface area contributed by atoms with E-state index in [1.54, 1.807) is 0 Å². The van der Waals surface area contributed by atoms with Crippen molar-refractivity contribution >= 4 is 22.9 Å². The van der Waals surface area contributed by atoms with Crippen LogP contribution in [0.5, 0.6) is 0 Å². The minimum absolute atomic E-state index is 0.140. The topological polar surface area (TPSA) is 229 Å². The van der Waals surface area contributed by atoms with E-state index < -0.39 is 48.0 Å². The lowest BCUT2D eigenvalue weighted by molar-refractivity contribution is -0.175. The molecule has 1 saturated heterocycles. The zero-order chi connectivity index (χ0) is 21.3. The van der Waals surface area contributed by atoms with Crippen molar-refractivity contribution in [1.82, 2.24) is 19.5 Å². The van der Waals surface area contributed by atoms with Crippen molar-refractivity contribution in [3.63, 3.8) is 0 Å². The van der Waals surface area contributed by atoms with Crippen LogP contribution in [0.15, 0.2) is 11.1 Å². The maximum atomic E-state index is 13.4. The molecular weight excluding hydrogens is 386 g/mol. The summed E-state index contributed by atoms with van der Waals surface area (Å²) in [6.07, 6.45) is -2.17. The number of rotatable bonds is 8. The molecule has 29 heavy (non-hydrogen) atoms.